The third-order valence-electron chi connectivity index (χ3n) is 3.39. The Bertz CT molecular complexity index is 575. The molecule has 1 aromatic heterocycles. The Kier molecular flexibility index (Phi) is 5.14. The lowest BCUT2D eigenvalue weighted by molar-refractivity contribution is 0.0273. The van der Waals surface area contributed by atoms with Crippen molar-refractivity contribution < 1.29 is 4.74 Å². The van der Waals surface area contributed by atoms with Crippen LogP contribution in [0.15, 0.2) is 53.7 Å². The van der Waals surface area contributed by atoms with E-state index in [1.54, 1.807) is 18.0 Å². The number of hydrogen-bond donors (Lipinski definition) is 1. The summed E-state index contributed by atoms with van der Waals surface area (Å²) >= 11 is 7.92. The molecule has 3 nitrogen and oxygen atoms in total. The Labute approximate surface area is 134 Å². The van der Waals surface area contributed by atoms with Gasteiger partial charge in [0.05, 0.1) is 23.0 Å². The van der Waals surface area contributed by atoms with Crippen LogP contribution in [0.4, 0.5) is 0 Å². The summed E-state index contributed by atoms with van der Waals surface area (Å²) in [5.41, 5.74) is 1.23. The number of pyridine rings is 1. The summed E-state index contributed by atoms with van der Waals surface area (Å²) in [6.45, 7) is 2.49. The molecule has 0 radical (unpaired) electrons. The number of nitrogens with one attached hydrogen (secondary N) is 1. The minimum Gasteiger partial charge on any atom is -0.374 e. The molecular formula is C16H17ClN2OS. The Morgan fingerprint density at radius 3 is 2.81 bits per heavy atom. The lowest BCUT2D eigenvalue weighted by atomic mass is 10.1. The van der Waals surface area contributed by atoms with E-state index in [0.29, 0.717) is 5.02 Å². The van der Waals surface area contributed by atoms with Crippen LogP contribution in [0, 0.1) is 0 Å². The first kappa shape index (κ1) is 14.9. The van der Waals surface area contributed by atoms with Gasteiger partial charge >= 0.3 is 0 Å². The number of aromatic nitrogens is 1. The smallest absolute Gasteiger partial charge is 0.115 e. The predicted octanol–water partition coefficient (Wildman–Crippen LogP) is 3.56. The molecule has 3 rings (SSSR count). The van der Waals surface area contributed by atoms with E-state index in [4.69, 9.17) is 16.3 Å². The number of thioether (sulfide) groups is 1. The van der Waals surface area contributed by atoms with E-state index < -0.39 is 0 Å². The van der Waals surface area contributed by atoms with Gasteiger partial charge in [-0.25, -0.2) is 4.98 Å². The number of hydrogen-bond acceptors (Lipinski definition) is 4. The van der Waals surface area contributed by atoms with Crippen molar-refractivity contribution >= 4 is 23.4 Å². The van der Waals surface area contributed by atoms with Crippen molar-refractivity contribution in [2.45, 2.75) is 16.4 Å². The van der Waals surface area contributed by atoms with Gasteiger partial charge in [0, 0.05) is 19.3 Å². The molecule has 21 heavy (non-hydrogen) atoms. The molecule has 2 aromatic rings. The van der Waals surface area contributed by atoms with Crippen molar-refractivity contribution in [3.63, 3.8) is 0 Å². The second-order valence-corrected chi connectivity index (χ2v) is 6.39. The number of benzene rings is 1. The molecule has 0 bridgehead atoms. The quantitative estimate of drug-likeness (QED) is 0.874. The SMILES string of the molecule is Clc1cccnc1S[C@@H](c1ccccc1)C1CNCCO1. The summed E-state index contributed by atoms with van der Waals surface area (Å²) in [5.74, 6) is 0. The fourth-order valence-corrected chi connectivity index (χ4v) is 3.78. The molecular weight excluding hydrogens is 304 g/mol. The van der Waals surface area contributed by atoms with Gasteiger partial charge in [0.25, 0.3) is 0 Å². The standard InChI is InChI=1S/C16H17ClN2OS/c17-13-7-4-8-19-16(13)21-15(12-5-2-1-3-6-12)14-11-18-9-10-20-14/h1-8,14-15,18H,9-11H2/t14?,15-/m0/s1. The molecule has 1 unspecified atom stereocenters. The summed E-state index contributed by atoms with van der Waals surface area (Å²) in [6, 6.07) is 14.1. The van der Waals surface area contributed by atoms with Crippen LogP contribution in [0.1, 0.15) is 10.8 Å². The first-order valence-corrected chi connectivity index (χ1v) is 8.25. The Balaban J connectivity index is 1.87. The van der Waals surface area contributed by atoms with Gasteiger partial charge in [-0.05, 0) is 17.7 Å². The molecule has 0 aliphatic carbocycles. The lowest BCUT2D eigenvalue weighted by Gasteiger charge is -2.30. The number of morpholine rings is 1. The number of rotatable bonds is 4. The summed E-state index contributed by atoms with van der Waals surface area (Å²) in [4.78, 5) is 4.39. The third kappa shape index (κ3) is 3.77. The maximum Gasteiger partial charge on any atom is 0.115 e. The van der Waals surface area contributed by atoms with Gasteiger partial charge in [0.2, 0.25) is 0 Å². The molecule has 1 aliphatic heterocycles. The Morgan fingerprint density at radius 1 is 1.24 bits per heavy atom. The molecule has 0 saturated carbocycles. The van der Waals surface area contributed by atoms with Crippen LogP contribution in [-0.4, -0.2) is 30.8 Å². The van der Waals surface area contributed by atoms with E-state index in [9.17, 15) is 0 Å². The van der Waals surface area contributed by atoms with Crippen LogP contribution in [0.25, 0.3) is 0 Å². The zero-order chi connectivity index (χ0) is 14.5. The number of halogens is 1. The third-order valence-corrected chi connectivity index (χ3v) is 5.18. The maximum atomic E-state index is 6.25. The van der Waals surface area contributed by atoms with E-state index in [-0.39, 0.29) is 11.4 Å². The van der Waals surface area contributed by atoms with Gasteiger partial charge in [0.1, 0.15) is 5.03 Å². The summed E-state index contributed by atoms with van der Waals surface area (Å²) in [7, 11) is 0. The van der Waals surface area contributed by atoms with E-state index in [2.05, 4.69) is 34.6 Å². The molecule has 1 fully saturated rings. The van der Waals surface area contributed by atoms with Crippen molar-refractivity contribution in [3.8, 4) is 0 Å². The highest BCUT2D eigenvalue weighted by Gasteiger charge is 2.27. The maximum absolute atomic E-state index is 6.25. The largest absolute Gasteiger partial charge is 0.374 e. The number of nitrogens with zero attached hydrogens (tertiary/aromatic N) is 1. The first-order chi connectivity index (χ1) is 10.3. The topological polar surface area (TPSA) is 34.2 Å². The predicted molar refractivity (Wildman–Crippen MR) is 86.9 cm³/mol. The van der Waals surface area contributed by atoms with Gasteiger partial charge in [0.15, 0.2) is 0 Å². The molecule has 110 valence electrons. The fourth-order valence-electron chi connectivity index (χ4n) is 2.36. The van der Waals surface area contributed by atoms with Crippen LogP contribution >= 0.6 is 23.4 Å². The zero-order valence-electron chi connectivity index (χ0n) is 11.5. The summed E-state index contributed by atoms with van der Waals surface area (Å²) < 4.78 is 5.95. The van der Waals surface area contributed by atoms with Crippen molar-refractivity contribution in [1.29, 1.82) is 0 Å². The van der Waals surface area contributed by atoms with Crippen LogP contribution in [0.3, 0.4) is 0 Å². The minimum absolute atomic E-state index is 0.115. The molecule has 1 N–H and O–H groups in total. The molecule has 0 amide bonds. The van der Waals surface area contributed by atoms with Crippen LogP contribution in [0.2, 0.25) is 5.02 Å². The summed E-state index contributed by atoms with van der Waals surface area (Å²) in [6.07, 6.45) is 1.89. The van der Waals surface area contributed by atoms with Crippen LogP contribution < -0.4 is 5.32 Å². The molecule has 5 heteroatoms. The van der Waals surface area contributed by atoms with E-state index in [1.165, 1.54) is 5.56 Å². The van der Waals surface area contributed by atoms with Gasteiger partial charge in [-0.1, -0.05) is 53.7 Å². The van der Waals surface area contributed by atoms with Gasteiger partial charge in [-0.15, -0.1) is 0 Å². The van der Waals surface area contributed by atoms with Gasteiger partial charge < -0.3 is 10.1 Å². The fraction of sp³-hybridized carbons (Fsp3) is 0.312. The second kappa shape index (κ2) is 7.27. The normalized spacial score (nSPS) is 20.1. The average Bonchev–Trinajstić information content (AvgIpc) is 2.56. The van der Waals surface area contributed by atoms with Crippen LogP contribution in [0.5, 0.6) is 0 Å². The zero-order valence-corrected chi connectivity index (χ0v) is 13.1. The monoisotopic (exact) mass is 320 g/mol. The molecule has 0 spiro atoms. The first-order valence-electron chi connectivity index (χ1n) is 6.99. The molecule has 2 atom stereocenters. The molecule has 1 aliphatic rings. The Hall–Kier alpha value is -1.07. The summed E-state index contributed by atoms with van der Waals surface area (Å²) in [5, 5.41) is 5.10. The minimum atomic E-state index is 0.115. The van der Waals surface area contributed by atoms with Crippen LogP contribution in [-0.2, 0) is 4.74 Å². The van der Waals surface area contributed by atoms with E-state index in [0.717, 1.165) is 24.7 Å². The number of ether oxygens (including phenoxy) is 1. The Morgan fingerprint density at radius 2 is 2.10 bits per heavy atom. The van der Waals surface area contributed by atoms with Crippen molar-refractivity contribution in [2.24, 2.45) is 0 Å². The van der Waals surface area contributed by atoms with Gasteiger partial charge in [-0.2, -0.15) is 0 Å². The van der Waals surface area contributed by atoms with Gasteiger partial charge in [-0.3, -0.25) is 0 Å². The van der Waals surface area contributed by atoms with Crippen molar-refractivity contribution in [1.82, 2.24) is 10.3 Å². The highest BCUT2D eigenvalue weighted by molar-refractivity contribution is 7.99. The molecule has 1 saturated heterocycles. The second-order valence-electron chi connectivity index (χ2n) is 4.85. The highest BCUT2D eigenvalue weighted by atomic mass is 35.5. The van der Waals surface area contributed by atoms with E-state index in [1.807, 2.05) is 18.2 Å². The molecule has 2 heterocycles. The highest BCUT2D eigenvalue weighted by Crippen LogP contribution is 2.40. The lowest BCUT2D eigenvalue weighted by Crippen LogP contribution is -2.41. The van der Waals surface area contributed by atoms with Crippen molar-refractivity contribution in [2.75, 3.05) is 19.7 Å². The van der Waals surface area contributed by atoms with E-state index >= 15 is 0 Å². The van der Waals surface area contributed by atoms with Crippen molar-refractivity contribution in [3.05, 3.63) is 59.2 Å². The molecule has 1 aromatic carbocycles. The average molecular weight is 321 g/mol.